The number of fused-ring (bicyclic) bond motifs is 1. The largest absolute Gasteiger partial charge is 0.494 e. The van der Waals surface area contributed by atoms with E-state index in [4.69, 9.17) is 9.15 Å². The Balaban J connectivity index is 1.54. The van der Waals surface area contributed by atoms with Gasteiger partial charge in [0.1, 0.15) is 11.5 Å². The molecule has 1 aliphatic carbocycles. The number of hydrogen-bond acceptors (Lipinski definition) is 4. The van der Waals surface area contributed by atoms with Gasteiger partial charge in [0.25, 0.3) is 5.91 Å². The molecule has 2 aromatic heterocycles. The fourth-order valence-corrected chi connectivity index (χ4v) is 5.20. The summed E-state index contributed by atoms with van der Waals surface area (Å²) in [5.41, 5.74) is 2.42. The van der Waals surface area contributed by atoms with Crippen molar-refractivity contribution in [2.75, 3.05) is 11.5 Å². The van der Waals surface area contributed by atoms with E-state index >= 15 is 0 Å². The molecule has 2 aromatic carbocycles. The van der Waals surface area contributed by atoms with Crippen molar-refractivity contribution >= 4 is 28.4 Å². The van der Waals surface area contributed by atoms with E-state index < -0.39 is 6.04 Å². The molecule has 0 bridgehead atoms. The van der Waals surface area contributed by atoms with Crippen molar-refractivity contribution < 1.29 is 18.7 Å². The summed E-state index contributed by atoms with van der Waals surface area (Å²) in [6, 6.07) is 17.9. The molecule has 5 rings (SSSR count). The maximum Gasteiger partial charge on any atom is 0.251 e. The van der Waals surface area contributed by atoms with Crippen molar-refractivity contribution in [3.8, 4) is 5.75 Å². The third-order valence-corrected chi connectivity index (χ3v) is 6.96. The van der Waals surface area contributed by atoms with Crippen molar-refractivity contribution in [1.29, 1.82) is 0 Å². The van der Waals surface area contributed by atoms with Crippen molar-refractivity contribution in [3.05, 3.63) is 84.4 Å². The molecule has 37 heavy (non-hydrogen) atoms. The Morgan fingerprint density at radius 3 is 2.70 bits per heavy atom. The predicted octanol–water partition coefficient (Wildman–Crippen LogP) is 5.93. The van der Waals surface area contributed by atoms with Crippen LogP contribution in [0, 0.1) is 0 Å². The highest BCUT2D eigenvalue weighted by Crippen LogP contribution is 2.33. The van der Waals surface area contributed by atoms with Gasteiger partial charge in [-0.3, -0.25) is 14.5 Å². The number of carbonyl (C=O) groups is 2. The molecule has 0 spiro atoms. The molecule has 7 heteroatoms. The van der Waals surface area contributed by atoms with Crippen molar-refractivity contribution in [2.24, 2.45) is 0 Å². The molecule has 0 aliphatic heterocycles. The Morgan fingerprint density at radius 2 is 1.92 bits per heavy atom. The maximum atomic E-state index is 14.1. The topological polar surface area (TPSA) is 87.6 Å². The summed E-state index contributed by atoms with van der Waals surface area (Å²) in [5.74, 6) is 0.604. The second-order valence-corrected chi connectivity index (χ2v) is 9.49. The van der Waals surface area contributed by atoms with Crippen LogP contribution in [0.1, 0.15) is 56.4 Å². The van der Waals surface area contributed by atoms with Gasteiger partial charge < -0.3 is 19.5 Å². The average molecular weight is 500 g/mol. The monoisotopic (exact) mass is 499 g/mol. The zero-order valence-electron chi connectivity index (χ0n) is 21.1. The van der Waals surface area contributed by atoms with Gasteiger partial charge in [0.2, 0.25) is 5.91 Å². The third kappa shape index (κ3) is 5.56. The van der Waals surface area contributed by atoms with Crippen LogP contribution in [-0.2, 0) is 16.0 Å². The number of hydrogen-bond donors (Lipinski definition) is 2. The molecule has 2 amide bonds. The molecule has 1 aliphatic rings. The zero-order valence-corrected chi connectivity index (χ0v) is 21.1. The van der Waals surface area contributed by atoms with Gasteiger partial charge in [0.15, 0.2) is 6.04 Å². The molecule has 4 aromatic rings. The number of aromatic nitrogens is 1. The summed E-state index contributed by atoms with van der Waals surface area (Å²) >= 11 is 0. The number of carbonyl (C=O) groups excluding carboxylic acids is 2. The van der Waals surface area contributed by atoms with Crippen LogP contribution in [0.4, 0.5) is 5.69 Å². The lowest BCUT2D eigenvalue weighted by Gasteiger charge is -2.32. The number of furan rings is 1. The summed E-state index contributed by atoms with van der Waals surface area (Å²) < 4.78 is 11.5. The van der Waals surface area contributed by atoms with E-state index in [1.807, 2.05) is 55.6 Å². The first-order valence-corrected chi connectivity index (χ1v) is 13.1. The zero-order chi connectivity index (χ0) is 25.6. The number of amides is 2. The van der Waals surface area contributed by atoms with Gasteiger partial charge in [-0.25, -0.2) is 0 Å². The number of anilines is 1. The highest BCUT2D eigenvalue weighted by Gasteiger charge is 2.36. The molecule has 0 saturated heterocycles. The predicted molar refractivity (Wildman–Crippen MR) is 144 cm³/mol. The molecular weight excluding hydrogens is 466 g/mol. The number of rotatable bonds is 9. The SMILES string of the molecule is CCOc1cccc(N(C(=O)Cc2c[nH]c3ccccc23)C(C(=O)NC2CCCCC2)c2ccco2)c1. The van der Waals surface area contributed by atoms with Gasteiger partial charge in [-0.1, -0.05) is 43.5 Å². The average Bonchev–Trinajstić information content (AvgIpc) is 3.59. The molecule has 1 fully saturated rings. The summed E-state index contributed by atoms with van der Waals surface area (Å²) in [5, 5.41) is 4.20. The number of benzene rings is 2. The summed E-state index contributed by atoms with van der Waals surface area (Å²) in [4.78, 5) is 32.8. The van der Waals surface area contributed by atoms with Crippen LogP contribution < -0.4 is 15.0 Å². The smallest absolute Gasteiger partial charge is 0.251 e. The van der Waals surface area contributed by atoms with Gasteiger partial charge in [-0.05, 0) is 55.7 Å². The van der Waals surface area contributed by atoms with Crippen molar-refractivity contribution in [2.45, 2.75) is 57.5 Å². The van der Waals surface area contributed by atoms with Crippen LogP contribution in [0.25, 0.3) is 10.9 Å². The Hall–Kier alpha value is -4.00. The normalized spacial score (nSPS) is 14.8. The third-order valence-electron chi connectivity index (χ3n) is 6.96. The van der Waals surface area contributed by atoms with E-state index in [2.05, 4.69) is 10.3 Å². The number of aromatic amines is 1. The van der Waals surface area contributed by atoms with Gasteiger partial charge in [-0.15, -0.1) is 0 Å². The van der Waals surface area contributed by atoms with E-state index in [-0.39, 0.29) is 24.3 Å². The van der Waals surface area contributed by atoms with Gasteiger partial charge in [-0.2, -0.15) is 0 Å². The summed E-state index contributed by atoms with van der Waals surface area (Å²) in [6.07, 6.45) is 8.78. The Bertz CT molecular complexity index is 1340. The number of H-pyrrole nitrogens is 1. The van der Waals surface area contributed by atoms with Crippen LogP contribution in [0.15, 0.2) is 77.5 Å². The molecule has 1 saturated carbocycles. The van der Waals surface area contributed by atoms with Crippen LogP contribution in [0.5, 0.6) is 5.75 Å². The Labute approximate surface area is 216 Å². The van der Waals surface area contributed by atoms with Crippen LogP contribution in [0.2, 0.25) is 0 Å². The molecule has 2 N–H and O–H groups in total. The molecule has 2 heterocycles. The van der Waals surface area contributed by atoms with E-state index in [9.17, 15) is 9.59 Å². The standard InChI is InChI=1S/C30H33N3O4/c1-2-36-24-13-8-12-23(19-24)33(28(34)18-21-20-31-26-15-7-6-14-25(21)26)29(27-16-9-17-37-27)30(35)32-22-10-4-3-5-11-22/h6-9,12-17,19-20,22,29,31H,2-5,10-11,18H2,1H3,(H,32,35). The van der Waals surface area contributed by atoms with Crippen LogP contribution >= 0.6 is 0 Å². The lowest BCUT2D eigenvalue weighted by Crippen LogP contribution is -2.47. The Morgan fingerprint density at radius 1 is 1.08 bits per heavy atom. The lowest BCUT2D eigenvalue weighted by atomic mass is 9.95. The maximum absolute atomic E-state index is 14.1. The summed E-state index contributed by atoms with van der Waals surface area (Å²) in [7, 11) is 0. The highest BCUT2D eigenvalue weighted by atomic mass is 16.5. The Kier molecular flexibility index (Phi) is 7.59. The molecule has 7 nitrogen and oxygen atoms in total. The van der Waals surface area contributed by atoms with Crippen molar-refractivity contribution in [1.82, 2.24) is 10.3 Å². The van der Waals surface area contributed by atoms with E-state index in [0.717, 1.165) is 42.1 Å². The van der Waals surface area contributed by atoms with Crippen LogP contribution in [0.3, 0.4) is 0 Å². The first-order valence-electron chi connectivity index (χ1n) is 13.1. The molecule has 1 atom stereocenters. The number of nitrogens with zero attached hydrogens (tertiary/aromatic N) is 1. The van der Waals surface area contributed by atoms with E-state index in [1.54, 1.807) is 23.1 Å². The minimum atomic E-state index is -0.952. The first-order chi connectivity index (χ1) is 18.1. The van der Waals surface area contributed by atoms with E-state index in [1.165, 1.54) is 12.7 Å². The molecule has 192 valence electrons. The summed E-state index contributed by atoms with van der Waals surface area (Å²) in [6.45, 7) is 2.41. The van der Waals surface area contributed by atoms with Gasteiger partial charge >= 0.3 is 0 Å². The van der Waals surface area contributed by atoms with Gasteiger partial charge in [0, 0.05) is 34.9 Å². The second-order valence-electron chi connectivity index (χ2n) is 9.49. The van der Waals surface area contributed by atoms with Crippen molar-refractivity contribution in [3.63, 3.8) is 0 Å². The first kappa shape index (κ1) is 24.7. The number of ether oxygens (including phenoxy) is 1. The van der Waals surface area contributed by atoms with Crippen LogP contribution in [-0.4, -0.2) is 29.4 Å². The minimum absolute atomic E-state index is 0.0963. The molecule has 0 radical (unpaired) electrons. The second kappa shape index (κ2) is 11.4. The fraction of sp³-hybridized carbons (Fsp3) is 0.333. The molecule has 1 unspecified atom stereocenters. The highest BCUT2D eigenvalue weighted by molar-refractivity contribution is 6.03. The molecular formula is C30H33N3O4. The lowest BCUT2D eigenvalue weighted by molar-refractivity contribution is -0.127. The van der Waals surface area contributed by atoms with Gasteiger partial charge in [0.05, 0.1) is 19.3 Å². The number of para-hydroxylation sites is 1. The van der Waals surface area contributed by atoms with E-state index in [0.29, 0.717) is 23.8 Å². The fourth-order valence-electron chi connectivity index (χ4n) is 5.20. The number of nitrogens with one attached hydrogen (secondary N) is 2. The quantitative estimate of drug-likeness (QED) is 0.299. The minimum Gasteiger partial charge on any atom is -0.494 e.